The van der Waals surface area contributed by atoms with E-state index >= 15 is 0 Å². The summed E-state index contributed by atoms with van der Waals surface area (Å²) in [6.07, 6.45) is 2.03. The molecule has 2 N–H and O–H groups in total. The molecular formula is C20H18BrN3O. The van der Waals surface area contributed by atoms with E-state index in [4.69, 9.17) is 0 Å². The van der Waals surface area contributed by atoms with Crippen LogP contribution in [0.15, 0.2) is 71.3 Å². The molecule has 5 heteroatoms. The SMILES string of the molecule is Cc1ccc(CC(=O)Nc2ccc(Nc3ccccc3Br)cn2)cc1. The van der Waals surface area contributed by atoms with Crippen LogP contribution in [0.3, 0.4) is 0 Å². The molecule has 0 radical (unpaired) electrons. The Morgan fingerprint density at radius 3 is 2.48 bits per heavy atom. The summed E-state index contributed by atoms with van der Waals surface area (Å²) < 4.78 is 0.977. The molecule has 1 heterocycles. The monoisotopic (exact) mass is 395 g/mol. The van der Waals surface area contributed by atoms with Crippen molar-refractivity contribution in [2.45, 2.75) is 13.3 Å². The number of para-hydroxylation sites is 1. The molecule has 0 aliphatic rings. The van der Waals surface area contributed by atoms with Crippen molar-refractivity contribution in [3.05, 3.63) is 82.5 Å². The minimum Gasteiger partial charge on any atom is -0.353 e. The van der Waals surface area contributed by atoms with Gasteiger partial charge in [0.25, 0.3) is 0 Å². The van der Waals surface area contributed by atoms with E-state index in [0.717, 1.165) is 21.4 Å². The van der Waals surface area contributed by atoms with Crippen molar-refractivity contribution < 1.29 is 4.79 Å². The van der Waals surface area contributed by atoms with Crippen LogP contribution in [0, 0.1) is 6.92 Å². The van der Waals surface area contributed by atoms with E-state index in [-0.39, 0.29) is 5.91 Å². The molecule has 0 fully saturated rings. The number of anilines is 3. The first kappa shape index (κ1) is 17.2. The van der Waals surface area contributed by atoms with E-state index in [1.165, 1.54) is 5.56 Å². The Balaban J connectivity index is 1.59. The highest BCUT2D eigenvalue weighted by Gasteiger charge is 2.05. The average molecular weight is 396 g/mol. The molecule has 0 unspecified atom stereocenters. The van der Waals surface area contributed by atoms with Gasteiger partial charge < -0.3 is 10.6 Å². The first-order valence-corrected chi connectivity index (χ1v) is 8.72. The Hall–Kier alpha value is -2.66. The number of carbonyl (C=O) groups is 1. The molecular weight excluding hydrogens is 378 g/mol. The van der Waals surface area contributed by atoms with Crippen molar-refractivity contribution in [1.82, 2.24) is 4.98 Å². The Morgan fingerprint density at radius 2 is 1.80 bits per heavy atom. The lowest BCUT2D eigenvalue weighted by Crippen LogP contribution is -2.15. The fourth-order valence-corrected chi connectivity index (χ4v) is 2.72. The van der Waals surface area contributed by atoms with Gasteiger partial charge >= 0.3 is 0 Å². The third-order valence-electron chi connectivity index (χ3n) is 3.67. The molecule has 0 atom stereocenters. The fraction of sp³-hybridized carbons (Fsp3) is 0.100. The number of amides is 1. The van der Waals surface area contributed by atoms with Gasteiger partial charge in [-0.15, -0.1) is 0 Å². The zero-order valence-electron chi connectivity index (χ0n) is 13.8. The molecule has 0 bridgehead atoms. The summed E-state index contributed by atoms with van der Waals surface area (Å²) in [4.78, 5) is 16.4. The number of halogens is 1. The van der Waals surface area contributed by atoms with Crippen LogP contribution in [0.2, 0.25) is 0 Å². The molecule has 25 heavy (non-hydrogen) atoms. The van der Waals surface area contributed by atoms with Crippen LogP contribution in [0.25, 0.3) is 0 Å². The van der Waals surface area contributed by atoms with E-state index in [1.54, 1.807) is 12.3 Å². The zero-order valence-corrected chi connectivity index (χ0v) is 15.4. The minimum atomic E-state index is -0.0807. The van der Waals surface area contributed by atoms with Gasteiger partial charge in [0.15, 0.2) is 0 Å². The first-order valence-electron chi connectivity index (χ1n) is 7.93. The molecule has 3 aromatic rings. The van der Waals surface area contributed by atoms with E-state index in [0.29, 0.717) is 12.2 Å². The van der Waals surface area contributed by atoms with E-state index in [9.17, 15) is 4.79 Å². The number of benzene rings is 2. The van der Waals surface area contributed by atoms with Crippen molar-refractivity contribution in [1.29, 1.82) is 0 Å². The average Bonchev–Trinajstić information content (AvgIpc) is 2.61. The summed E-state index contributed by atoms with van der Waals surface area (Å²) in [6.45, 7) is 2.03. The molecule has 0 aliphatic carbocycles. The third-order valence-corrected chi connectivity index (χ3v) is 4.36. The van der Waals surface area contributed by atoms with Gasteiger partial charge in [0, 0.05) is 4.47 Å². The largest absolute Gasteiger partial charge is 0.353 e. The Labute approximate surface area is 155 Å². The molecule has 3 rings (SSSR count). The fourth-order valence-electron chi connectivity index (χ4n) is 2.34. The first-order chi connectivity index (χ1) is 12.1. The number of hydrogen-bond donors (Lipinski definition) is 2. The summed E-state index contributed by atoms with van der Waals surface area (Å²) in [5.74, 6) is 0.456. The van der Waals surface area contributed by atoms with Gasteiger partial charge in [-0.25, -0.2) is 4.98 Å². The minimum absolute atomic E-state index is 0.0807. The number of rotatable bonds is 5. The predicted molar refractivity (Wildman–Crippen MR) is 105 cm³/mol. The van der Waals surface area contributed by atoms with Gasteiger partial charge in [0.05, 0.1) is 24.0 Å². The molecule has 1 aromatic heterocycles. The van der Waals surface area contributed by atoms with E-state index in [1.807, 2.05) is 61.5 Å². The highest BCUT2D eigenvalue weighted by molar-refractivity contribution is 9.10. The number of nitrogens with zero attached hydrogens (tertiary/aromatic N) is 1. The predicted octanol–water partition coefficient (Wildman–Crippen LogP) is 5.08. The molecule has 1 amide bonds. The highest BCUT2D eigenvalue weighted by Crippen LogP contribution is 2.25. The third kappa shape index (κ3) is 4.90. The Kier molecular flexibility index (Phi) is 5.46. The molecule has 0 aliphatic heterocycles. The summed E-state index contributed by atoms with van der Waals surface area (Å²) in [5, 5.41) is 6.10. The van der Waals surface area contributed by atoms with Gasteiger partial charge in [0.2, 0.25) is 5.91 Å². The van der Waals surface area contributed by atoms with Gasteiger partial charge in [0.1, 0.15) is 5.82 Å². The maximum Gasteiger partial charge on any atom is 0.229 e. The van der Waals surface area contributed by atoms with Crippen LogP contribution in [-0.4, -0.2) is 10.9 Å². The van der Waals surface area contributed by atoms with Gasteiger partial charge in [-0.1, -0.05) is 42.0 Å². The quantitative estimate of drug-likeness (QED) is 0.633. The molecule has 0 saturated carbocycles. The lowest BCUT2D eigenvalue weighted by atomic mass is 10.1. The standard InChI is InChI=1S/C20H18BrN3O/c1-14-6-8-15(9-7-14)12-20(25)24-19-11-10-16(13-22-19)23-18-5-3-2-4-17(18)21/h2-11,13,23H,12H2,1H3,(H,22,24,25). The number of nitrogens with one attached hydrogen (secondary N) is 2. The number of carbonyl (C=O) groups excluding carboxylic acids is 1. The van der Waals surface area contributed by atoms with Gasteiger partial charge in [-0.2, -0.15) is 0 Å². The molecule has 126 valence electrons. The van der Waals surface area contributed by atoms with Crippen LogP contribution in [0.4, 0.5) is 17.2 Å². The van der Waals surface area contributed by atoms with E-state index in [2.05, 4.69) is 31.5 Å². The lowest BCUT2D eigenvalue weighted by Gasteiger charge is -2.09. The van der Waals surface area contributed by atoms with Crippen molar-refractivity contribution in [3.8, 4) is 0 Å². The van der Waals surface area contributed by atoms with Gasteiger partial charge in [-0.3, -0.25) is 4.79 Å². The Bertz CT molecular complexity index is 861. The van der Waals surface area contributed by atoms with Crippen LogP contribution in [0.1, 0.15) is 11.1 Å². The van der Waals surface area contributed by atoms with Crippen LogP contribution >= 0.6 is 15.9 Å². The maximum atomic E-state index is 12.1. The second-order valence-electron chi connectivity index (χ2n) is 5.75. The van der Waals surface area contributed by atoms with E-state index < -0.39 is 0 Å². The molecule has 2 aromatic carbocycles. The van der Waals surface area contributed by atoms with Crippen molar-refractivity contribution in [2.75, 3.05) is 10.6 Å². The smallest absolute Gasteiger partial charge is 0.229 e. The summed E-state index contributed by atoms with van der Waals surface area (Å²) in [5.41, 5.74) is 3.97. The second kappa shape index (κ2) is 7.94. The van der Waals surface area contributed by atoms with Gasteiger partial charge in [-0.05, 0) is 52.7 Å². The van der Waals surface area contributed by atoms with Crippen LogP contribution in [-0.2, 0) is 11.2 Å². The summed E-state index contributed by atoms with van der Waals surface area (Å²) >= 11 is 3.50. The van der Waals surface area contributed by atoms with Crippen LogP contribution < -0.4 is 10.6 Å². The summed E-state index contributed by atoms with van der Waals surface area (Å²) in [7, 11) is 0. The number of aromatic nitrogens is 1. The normalized spacial score (nSPS) is 10.3. The molecule has 0 spiro atoms. The van der Waals surface area contributed by atoms with Crippen molar-refractivity contribution in [2.24, 2.45) is 0 Å². The number of hydrogen-bond acceptors (Lipinski definition) is 3. The maximum absolute atomic E-state index is 12.1. The number of aryl methyl sites for hydroxylation is 1. The van der Waals surface area contributed by atoms with Crippen LogP contribution in [0.5, 0.6) is 0 Å². The highest BCUT2D eigenvalue weighted by atomic mass is 79.9. The van der Waals surface area contributed by atoms with Crippen molar-refractivity contribution >= 4 is 39.0 Å². The Morgan fingerprint density at radius 1 is 1.04 bits per heavy atom. The molecule has 0 saturated heterocycles. The number of pyridine rings is 1. The lowest BCUT2D eigenvalue weighted by molar-refractivity contribution is -0.115. The zero-order chi connectivity index (χ0) is 17.6. The summed E-state index contributed by atoms with van der Waals surface area (Å²) in [6, 6.07) is 19.5. The van der Waals surface area contributed by atoms with Crippen molar-refractivity contribution in [3.63, 3.8) is 0 Å². The second-order valence-corrected chi connectivity index (χ2v) is 6.60. The molecule has 4 nitrogen and oxygen atoms in total. The topological polar surface area (TPSA) is 54.0 Å².